The maximum Gasteiger partial charge on any atom is 0.234 e. The summed E-state index contributed by atoms with van der Waals surface area (Å²) in [5, 5.41) is 21.7. The van der Waals surface area contributed by atoms with E-state index >= 15 is 0 Å². The standard InChI is InChI=1S/C17H15ClN4O2S/c1-11-20-21-17(22(11)13-5-3-2-4-6-13)25-10-16(24)19-14-9-12(18)7-8-15(14)23/h2-9,23H,10H2,1H3,(H,19,24). The molecule has 8 heteroatoms. The van der Waals surface area contributed by atoms with Crippen molar-refractivity contribution in [2.45, 2.75) is 12.1 Å². The maximum atomic E-state index is 12.2. The zero-order chi connectivity index (χ0) is 17.8. The number of hydrogen-bond donors (Lipinski definition) is 2. The second kappa shape index (κ2) is 7.58. The molecule has 1 heterocycles. The summed E-state index contributed by atoms with van der Waals surface area (Å²) in [6, 6.07) is 14.2. The highest BCUT2D eigenvalue weighted by atomic mass is 35.5. The lowest BCUT2D eigenvalue weighted by Crippen LogP contribution is -2.14. The molecule has 128 valence electrons. The van der Waals surface area contributed by atoms with Gasteiger partial charge >= 0.3 is 0 Å². The molecule has 1 aromatic heterocycles. The average Bonchev–Trinajstić information content (AvgIpc) is 2.98. The van der Waals surface area contributed by atoms with Gasteiger partial charge in [-0.1, -0.05) is 41.6 Å². The number of phenolic OH excluding ortho intramolecular Hbond substituents is 1. The molecule has 3 aromatic rings. The van der Waals surface area contributed by atoms with Crippen LogP contribution >= 0.6 is 23.4 Å². The lowest BCUT2D eigenvalue weighted by atomic mass is 10.3. The Morgan fingerprint density at radius 1 is 1.24 bits per heavy atom. The summed E-state index contributed by atoms with van der Waals surface area (Å²) in [6.07, 6.45) is 0. The van der Waals surface area contributed by atoms with Crippen molar-refractivity contribution in [1.29, 1.82) is 0 Å². The summed E-state index contributed by atoms with van der Waals surface area (Å²) in [6.45, 7) is 1.86. The van der Waals surface area contributed by atoms with Crippen LogP contribution in [0.1, 0.15) is 5.82 Å². The third kappa shape index (κ3) is 4.12. The summed E-state index contributed by atoms with van der Waals surface area (Å²) in [7, 11) is 0. The average molecular weight is 375 g/mol. The number of hydrogen-bond acceptors (Lipinski definition) is 5. The van der Waals surface area contributed by atoms with Crippen LogP contribution in [0.25, 0.3) is 5.69 Å². The highest BCUT2D eigenvalue weighted by Gasteiger charge is 2.14. The summed E-state index contributed by atoms with van der Waals surface area (Å²) in [4.78, 5) is 12.2. The van der Waals surface area contributed by atoms with Crippen molar-refractivity contribution in [3.63, 3.8) is 0 Å². The quantitative estimate of drug-likeness (QED) is 0.526. The lowest BCUT2D eigenvalue weighted by Gasteiger charge is -2.09. The molecule has 0 fully saturated rings. The van der Waals surface area contributed by atoms with Gasteiger partial charge in [-0.05, 0) is 37.3 Å². The molecule has 0 aliphatic carbocycles. The van der Waals surface area contributed by atoms with Crippen LogP contribution in [0.15, 0.2) is 53.7 Å². The first kappa shape index (κ1) is 17.3. The van der Waals surface area contributed by atoms with Gasteiger partial charge in [0.2, 0.25) is 5.91 Å². The molecule has 2 N–H and O–H groups in total. The Bertz CT molecular complexity index is 899. The first-order valence-electron chi connectivity index (χ1n) is 7.43. The van der Waals surface area contributed by atoms with E-state index in [0.29, 0.717) is 10.2 Å². The molecule has 25 heavy (non-hydrogen) atoms. The van der Waals surface area contributed by atoms with Crippen LogP contribution in [0.3, 0.4) is 0 Å². The number of aromatic hydroxyl groups is 1. The minimum absolute atomic E-state index is 0.0361. The van der Waals surface area contributed by atoms with E-state index < -0.39 is 0 Å². The fraction of sp³-hybridized carbons (Fsp3) is 0.118. The number of anilines is 1. The van der Waals surface area contributed by atoms with Gasteiger partial charge in [-0.2, -0.15) is 0 Å². The summed E-state index contributed by atoms with van der Waals surface area (Å²) in [5.74, 6) is 0.548. The van der Waals surface area contributed by atoms with Gasteiger partial charge < -0.3 is 10.4 Å². The Kier molecular flexibility index (Phi) is 5.25. The second-order valence-electron chi connectivity index (χ2n) is 5.20. The van der Waals surface area contributed by atoms with Crippen LogP contribution in [-0.2, 0) is 4.79 Å². The highest BCUT2D eigenvalue weighted by Crippen LogP contribution is 2.27. The number of nitrogens with zero attached hydrogens (tertiary/aromatic N) is 3. The number of nitrogens with one attached hydrogen (secondary N) is 1. The number of benzene rings is 2. The van der Waals surface area contributed by atoms with Gasteiger partial charge in [0.25, 0.3) is 0 Å². The number of carbonyl (C=O) groups is 1. The number of halogens is 1. The largest absolute Gasteiger partial charge is 0.506 e. The smallest absolute Gasteiger partial charge is 0.234 e. The zero-order valence-electron chi connectivity index (χ0n) is 13.3. The van der Waals surface area contributed by atoms with Gasteiger partial charge in [-0.15, -0.1) is 10.2 Å². The van der Waals surface area contributed by atoms with E-state index in [0.717, 1.165) is 11.5 Å². The molecule has 0 atom stereocenters. The first-order chi connectivity index (χ1) is 12.0. The SMILES string of the molecule is Cc1nnc(SCC(=O)Nc2cc(Cl)ccc2O)n1-c1ccccc1. The molecule has 0 saturated heterocycles. The van der Waals surface area contributed by atoms with E-state index in [4.69, 9.17) is 11.6 Å². The molecule has 0 spiro atoms. The van der Waals surface area contributed by atoms with Crippen molar-refractivity contribution in [1.82, 2.24) is 14.8 Å². The van der Waals surface area contributed by atoms with Crippen molar-refractivity contribution in [3.05, 3.63) is 59.4 Å². The first-order valence-corrected chi connectivity index (χ1v) is 8.79. The topological polar surface area (TPSA) is 80.0 Å². The van der Waals surface area contributed by atoms with E-state index in [9.17, 15) is 9.90 Å². The van der Waals surface area contributed by atoms with Crippen LogP contribution in [0.4, 0.5) is 5.69 Å². The van der Waals surface area contributed by atoms with Crippen LogP contribution < -0.4 is 5.32 Å². The summed E-state index contributed by atoms with van der Waals surface area (Å²) >= 11 is 7.14. The van der Waals surface area contributed by atoms with Gasteiger partial charge in [0.1, 0.15) is 11.6 Å². The number of aryl methyl sites for hydroxylation is 1. The van der Waals surface area contributed by atoms with Crippen LogP contribution in [0.2, 0.25) is 5.02 Å². The number of amides is 1. The molecule has 2 aromatic carbocycles. The summed E-state index contributed by atoms with van der Waals surface area (Å²) < 4.78 is 1.88. The van der Waals surface area contributed by atoms with Gasteiger partial charge in [0.05, 0.1) is 11.4 Å². The monoisotopic (exact) mass is 374 g/mol. The van der Waals surface area contributed by atoms with Gasteiger partial charge in [-0.25, -0.2) is 0 Å². The van der Waals surface area contributed by atoms with Gasteiger partial charge in [0.15, 0.2) is 5.16 Å². The number of para-hydroxylation sites is 1. The number of phenols is 1. The Balaban J connectivity index is 1.70. The number of thioether (sulfide) groups is 1. The predicted molar refractivity (Wildman–Crippen MR) is 98.6 cm³/mol. The maximum absolute atomic E-state index is 12.2. The number of aromatic nitrogens is 3. The van der Waals surface area contributed by atoms with E-state index in [2.05, 4.69) is 15.5 Å². The predicted octanol–water partition coefficient (Wildman–Crippen LogP) is 3.67. The zero-order valence-corrected chi connectivity index (χ0v) is 14.9. The van der Waals surface area contributed by atoms with E-state index in [1.807, 2.05) is 41.8 Å². The fourth-order valence-electron chi connectivity index (χ4n) is 2.24. The Labute approximate surface area is 153 Å². The number of carbonyl (C=O) groups excluding carboxylic acids is 1. The molecule has 6 nitrogen and oxygen atoms in total. The van der Waals surface area contributed by atoms with E-state index in [1.165, 1.54) is 23.9 Å². The molecule has 0 bridgehead atoms. The minimum Gasteiger partial charge on any atom is -0.506 e. The Hall–Kier alpha value is -2.51. The fourth-order valence-corrected chi connectivity index (χ4v) is 3.21. The van der Waals surface area contributed by atoms with E-state index in [1.54, 1.807) is 6.07 Å². The minimum atomic E-state index is -0.275. The van der Waals surface area contributed by atoms with Crippen LogP contribution in [-0.4, -0.2) is 31.5 Å². The molecule has 1 amide bonds. The van der Waals surface area contributed by atoms with Crippen molar-refractivity contribution in [2.75, 3.05) is 11.1 Å². The Morgan fingerprint density at radius 2 is 2.00 bits per heavy atom. The van der Waals surface area contributed by atoms with Gasteiger partial charge in [0, 0.05) is 10.7 Å². The molecular weight excluding hydrogens is 360 g/mol. The molecule has 0 saturated carbocycles. The molecule has 0 radical (unpaired) electrons. The molecule has 0 aliphatic heterocycles. The second-order valence-corrected chi connectivity index (χ2v) is 6.58. The highest BCUT2D eigenvalue weighted by molar-refractivity contribution is 7.99. The third-order valence-corrected chi connectivity index (χ3v) is 4.54. The van der Waals surface area contributed by atoms with Crippen molar-refractivity contribution >= 4 is 35.0 Å². The van der Waals surface area contributed by atoms with Crippen LogP contribution in [0, 0.1) is 6.92 Å². The Morgan fingerprint density at radius 3 is 2.76 bits per heavy atom. The van der Waals surface area contributed by atoms with Crippen molar-refractivity contribution in [2.24, 2.45) is 0 Å². The number of rotatable bonds is 5. The lowest BCUT2D eigenvalue weighted by molar-refractivity contribution is -0.113. The van der Waals surface area contributed by atoms with E-state index in [-0.39, 0.29) is 23.1 Å². The molecule has 0 aliphatic rings. The molecule has 0 unspecified atom stereocenters. The summed E-state index contributed by atoms with van der Waals surface area (Å²) in [5.41, 5.74) is 1.21. The third-order valence-electron chi connectivity index (χ3n) is 3.37. The van der Waals surface area contributed by atoms with Crippen molar-refractivity contribution < 1.29 is 9.90 Å². The van der Waals surface area contributed by atoms with Crippen LogP contribution in [0.5, 0.6) is 5.75 Å². The van der Waals surface area contributed by atoms with Crippen molar-refractivity contribution in [3.8, 4) is 11.4 Å². The molecule has 3 rings (SSSR count). The molecular formula is C17H15ClN4O2S. The van der Waals surface area contributed by atoms with Gasteiger partial charge in [-0.3, -0.25) is 9.36 Å². The normalized spacial score (nSPS) is 10.6.